The van der Waals surface area contributed by atoms with E-state index in [1.165, 1.54) is 0 Å². The van der Waals surface area contributed by atoms with Crippen LogP contribution in [0.15, 0.2) is 24.3 Å². The van der Waals surface area contributed by atoms with Crippen molar-refractivity contribution in [2.75, 3.05) is 18.8 Å². The van der Waals surface area contributed by atoms with Gasteiger partial charge >= 0.3 is 0 Å². The molecule has 2 amide bonds. The summed E-state index contributed by atoms with van der Waals surface area (Å²) in [7, 11) is 0. The number of nitrogen functional groups attached to an aromatic ring is 1. The summed E-state index contributed by atoms with van der Waals surface area (Å²) in [6.07, 6.45) is 2.82. The van der Waals surface area contributed by atoms with Crippen LogP contribution in [0.5, 0.6) is 0 Å². The average Bonchev–Trinajstić information content (AvgIpc) is 2.54. The zero-order valence-electron chi connectivity index (χ0n) is 14.0. The third kappa shape index (κ3) is 4.98. The van der Waals surface area contributed by atoms with Crippen molar-refractivity contribution < 1.29 is 9.59 Å². The van der Waals surface area contributed by atoms with Gasteiger partial charge in [-0.05, 0) is 30.9 Å². The van der Waals surface area contributed by atoms with Crippen molar-refractivity contribution in [1.29, 1.82) is 0 Å². The highest BCUT2D eigenvalue weighted by Gasteiger charge is 2.24. The van der Waals surface area contributed by atoms with Crippen molar-refractivity contribution in [3.63, 3.8) is 0 Å². The first-order valence-corrected chi connectivity index (χ1v) is 8.39. The molecule has 1 aliphatic rings. The number of carbonyl (C=O) groups is 2. The van der Waals surface area contributed by atoms with Crippen LogP contribution < -0.4 is 11.1 Å². The second-order valence-corrected chi connectivity index (χ2v) is 6.52. The number of amides is 2. The Morgan fingerprint density at radius 2 is 1.91 bits per heavy atom. The summed E-state index contributed by atoms with van der Waals surface area (Å²) < 4.78 is 0. The van der Waals surface area contributed by atoms with Gasteiger partial charge in [-0.25, -0.2) is 0 Å². The van der Waals surface area contributed by atoms with Gasteiger partial charge in [-0.1, -0.05) is 32.0 Å². The number of aryl methyl sites for hydroxylation is 1. The minimum absolute atomic E-state index is 0.00555. The predicted octanol–water partition coefficient (Wildman–Crippen LogP) is 1.96. The van der Waals surface area contributed by atoms with Gasteiger partial charge in [-0.2, -0.15) is 0 Å². The summed E-state index contributed by atoms with van der Waals surface area (Å²) in [4.78, 5) is 25.9. The molecule has 0 aromatic heterocycles. The first-order chi connectivity index (χ1) is 11.0. The minimum atomic E-state index is 0.00555. The third-order valence-corrected chi connectivity index (χ3v) is 4.38. The molecule has 5 heteroatoms. The van der Waals surface area contributed by atoms with Crippen LogP contribution in [0.3, 0.4) is 0 Å². The number of hydrogen-bond donors (Lipinski definition) is 2. The molecule has 0 unspecified atom stereocenters. The normalized spacial score (nSPS) is 15.7. The number of hydrogen-bond acceptors (Lipinski definition) is 3. The van der Waals surface area contributed by atoms with Gasteiger partial charge in [0, 0.05) is 37.2 Å². The standard InChI is InChI=1S/C18H27N3O2/c1-13(2)18(23)20-15-9-11-21(12-10-15)17(22)8-7-14-5-3-4-6-16(14)19/h3-6,13,15H,7-12,19H2,1-2H3,(H,20,23). The highest BCUT2D eigenvalue weighted by Crippen LogP contribution is 2.16. The molecule has 0 radical (unpaired) electrons. The van der Waals surface area contributed by atoms with E-state index in [1.54, 1.807) is 0 Å². The predicted molar refractivity (Wildman–Crippen MR) is 91.8 cm³/mol. The fourth-order valence-electron chi connectivity index (χ4n) is 2.80. The number of para-hydroxylation sites is 1. The van der Waals surface area contributed by atoms with Crippen LogP contribution in [0, 0.1) is 5.92 Å². The van der Waals surface area contributed by atoms with Crippen molar-refractivity contribution in [2.45, 2.75) is 45.6 Å². The van der Waals surface area contributed by atoms with Crippen LogP contribution in [0.25, 0.3) is 0 Å². The van der Waals surface area contributed by atoms with Gasteiger partial charge in [0.15, 0.2) is 0 Å². The van der Waals surface area contributed by atoms with Crippen molar-refractivity contribution in [2.24, 2.45) is 5.92 Å². The summed E-state index contributed by atoms with van der Waals surface area (Å²) in [5, 5.41) is 3.05. The largest absolute Gasteiger partial charge is 0.399 e. The minimum Gasteiger partial charge on any atom is -0.399 e. The zero-order chi connectivity index (χ0) is 16.8. The van der Waals surface area contributed by atoms with Crippen molar-refractivity contribution in [3.05, 3.63) is 29.8 Å². The number of nitrogens with two attached hydrogens (primary N) is 1. The lowest BCUT2D eigenvalue weighted by Gasteiger charge is -2.33. The Bertz CT molecular complexity index is 549. The van der Waals surface area contributed by atoms with Gasteiger partial charge in [-0.15, -0.1) is 0 Å². The molecule has 23 heavy (non-hydrogen) atoms. The van der Waals surface area contributed by atoms with Crippen molar-refractivity contribution >= 4 is 17.5 Å². The molecule has 1 heterocycles. The maximum atomic E-state index is 12.3. The van der Waals surface area contributed by atoms with Gasteiger partial charge in [0.05, 0.1) is 0 Å². The molecule has 0 aliphatic carbocycles. The Morgan fingerprint density at radius 3 is 2.52 bits per heavy atom. The molecule has 1 aromatic rings. The number of nitrogens with zero attached hydrogens (tertiary/aromatic N) is 1. The monoisotopic (exact) mass is 317 g/mol. The summed E-state index contributed by atoms with van der Waals surface area (Å²) in [6.45, 7) is 5.21. The molecule has 126 valence electrons. The highest BCUT2D eigenvalue weighted by molar-refractivity contribution is 5.78. The molecule has 1 aromatic carbocycles. The van der Waals surface area contributed by atoms with E-state index in [9.17, 15) is 9.59 Å². The topological polar surface area (TPSA) is 75.4 Å². The van der Waals surface area contributed by atoms with E-state index in [1.807, 2.05) is 43.0 Å². The number of carbonyl (C=O) groups excluding carboxylic acids is 2. The Morgan fingerprint density at radius 1 is 1.26 bits per heavy atom. The zero-order valence-corrected chi connectivity index (χ0v) is 14.0. The van der Waals surface area contributed by atoms with Crippen LogP contribution in [-0.4, -0.2) is 35.8 Å². The second kappa shape index (κ2) is 7.99. The number of rotatable bonds is 5. The van der Waals surface area contributed by atoms with E-state index in [0.717, 1.165) is 24.1 Å². The van der Waals surface area contributed by atoms with Crippen molar-refractivity contribution in [3.8, 4) is 0 Å². The summed E-state index contributed by atoms with van der Waals surface area (Å²) in [5.74, 6) is 0.266. The number of likely N-dealkylation sites (tertiary alicyclic amines) is 1. The van der Waals surface area contributed by atoms with Crippen LogP contribution >= 0.6 is 0 Å². The lowest BCUT2D eigenvalue weighted by atomic mass is 10.0. The number of nitrogens with one attached hydrogen (secondary N) is 1. The van der Waals surface area contributed by atoms with E-state index >= 15 is 0 Å². The van der Waals surface area contributed by atoms with Crippen LogP contribution in [0.4, 0.5) is 5.69 Å². The molecule has 2 rings (SSSR count). The van der Waals surface area contributed by atoms with E-state index in [2.05, 4.69) is 5.32 Å². The molecule has 0 atom stereocenters. The van der Waals surface area contributed by atoms with Crippen LogP contribution in [0.1, 0.15) is 38.7 Å². The first-order valence-electron chi connectivity index (χ1n) is 8.39. The van der Waals surface area contributed by atoms with Gasteiger partial charge in [0.2, 0.25) is 11.8 Å². The molecule has 0 saturated carbocycles. The van der Waals surface area contributed by atoms with Gasteiger partial charge in [0.25, 0.3) is 0 Å². The van der Waals surface area contributed by atoms with Crippen molar-refractivity contribution in [1.82, 2.24) is 10.2 Å². The molecule has 5 nitrogen and oxygen atoms in total. The molecule has 3 N–H and O–H groups in total. The molecular formula is C18H27N3O2. The van der Waals surface area contributed by atoms with E-state index in [0.29, 0.717) is 25.9 Å². The second-order valence-electron chi connectivity index (χ2n) is 6.52. The SMILES string of the molecule is CC(C)C(=O)NC1CCN(C(=O)CCc2ccccc2N)CC1. The highest BCUT2D eigenvalue weighted by atomic mass is 16.2. The molecule has 1 saturated heterocycles. The maximum absolute atomic E-state index is 12.3. The first kappa shape index (κ1) is 17.3. The molecule has 0 spiro atoms. The Kier molecular flexibility index (Phi) is 6.02. The Hall–Kier alpha value is -2.04. The average molecular weight is 317 g/mol. The quantitative estimate of drug-likeness (QED) is 0.815. The number of piperidine rings is 1. The van der Waals surface area contributed by atoms with E-state index in [4.69, 9.17) is 5.73 Å². The Labute approximate surface area is 138 Å². The van der Waals surface area contributed by atoms with Gasteiger partial charge in [0.1, 0.15) is 0 Å². The summed E-state index contributed by atoms with van der Waals surface area (Å²) in [6, 6.07) is 7.87. The Balaban J connectivity index is 1.75. The summed E-state index contributed by atoms with van der Waals surface area (Å²) in [5.41, 5.74) is 7.68. The fourth-order valence-corrected chi connectivity index (χ4v) is 2.80. The third-order valence-electron chi connectivity index (χ3n) is 4.38. The smallest absolute Gasteiger partial charge is 0.222 e. The molecular weight excluding hydrogens is 290 g/mol. The van der Waals surface area contributed by atoms with Gasteiger partial charge in [-0.3, -0.25) is 9.59 Å². The lowest BCUT2D eigenvalue weighted by molar-refractivity contribution is -0.132. The molecule has 1 fully saturated rings. The fraction of sp³-hybridized carbons (Fsp3) is 0.556. The summed E-state index contributed by atoms with van der Waals surface area (Å²) >= 11 is 0. The van der Waals surface area contributed by atoms with E-state index < -0.39 is 0 Å². The number of anilines is 1. The number of benzene rings is 1. The van der Waals surface area contributed by atoms with Crippen LogP contribution in [0.2, 0.25) is 0 Å². The molecule has 1 aliphatic heterocycles. The van der Waals surface area contributed by atoms with E-state index in [-0.39, 0.29) is 23.8 Å². The molecule has 0 bridgehead atoms. The maximum Gasteiger partial charge on any atom is 0.222 e. The lowest BCUT2D eigenvalue weighted by Crippen LogP contribution is -2.47. The van der Waals surface area contributed by atoms with Gasteiger partial charge < -0.3 is 16.0 Å². The van der Waals surface area contributed by atoms with Crippen LogP contribution in [-0.2, 0) is 16.0 Å².